The fourth-order valence-corrected chi connectivity index (χ4v) is 0.834. The predicted molar refractivity (Wildman–Crippen MR) is 43.1 cm³/mol. The quantitative estimate of drug-likeness (QED) is 0.732. The summed E-state index contributed by atoms with van der Waals surface area (Å²) >= 11 is 0. The summed E-state index contributed by atoms with van der Waals surface area (Å²) in [5, 5.41) is 8.65. The fraction of sp³-hybridized carbons (Fsp3) is 0.375. The minimum Gasteiger partial charge on any atom is -0.476 e. The Kier molecular flexibility index (Phi) is 2.74. The first-order valence-corrected chi connectivity index (χ1v) is 3.79. The summed E-state index contributed by atoms with van der Waals surface area (Å²) in [6.45, 7) is 2.49. The Bertz CT molecular complexity index is 267. The van der Waals surface area contributed by atoms with Gasteiger partial charge in [0.05, 0.1) is 0 Å². The van der Waals surface area contributed by atoms with Crippen LogP contribution in [-0.4, -0.2) is 22.4 Å². The second-order valence-corrected chi connectivity index (χ2v) is 2.36. The molecule has 1 aromatic rings. The van der Waals surface area contributed by atoms with Crippen molar-refractivity contribution in [2.75, 3.05) is 6.61 Å². The van der Waals surface area contributed by atoms with Crippen molar-refractivity contribution >= 4 is 5.97 Å². The van der Waals surface area contributed by atoms with Crippen LogP contribution >= 0.6 is 0 Å². The van der Waals surface area contributed by atoms with Crippen LogP contribution in [0.5, 0.6) is 0 Å². The van der Waals surface area contributed by atoms with Crippen molar-refractivity contribution in [2.24, 2.45) is 0 Å². The van der Waals surface area contributed by atoms with Gasteiger partial charge in [-0.2, -0.15) is 4.73 Å². The van der Waals surface area contributed by atoms with Gasteiger partial charge in [0, 0.05) is 6.20 Å². The van der Waals surface area contributed by atoms with Crippen LogP contribution < -0.4 is 4.84 Å². The Morgan fingerprint density at radius 3 is 3.08 bits per heavy atom. The maximum absolute atomic E-state index is 10.5. The SMILES string of the molecule is CCCOn1cccc1C(=O)O. The average molecular weight is 169 g/mol. The summed E-state index contributed by atoms with van der Waals surface area (Å²) in [4.78, 5) is 15.7. The van der Waals surface area contributed by atoms with Gasteiger partial charge in [0.2, 0.25) is 0 Å². The van der Waals surface area contributed by atoms with Crippen molar-refractivity contribution in [3.8, 4) is 0 Å². The zero-order chi connectivity index (χ0) is 8.97. The first kappa shape index (κ1) is 8.64. The van der Waals surface area contributed by atoms with Crippen molar-refractivity contribution in [3.05, 3.63) is 24.0 Å². The topological polar surface area (TPSA) is 51.5 Å². The summed E-state index contributed by atoms with van der Waals surface area (Å²) in [7, 11) is 0. The number of aromatic nitrogens is 1. The van der Waals surface area contributed by atoms with Gasteiger partial charge in [-0.3, -0.25) is 0 Å². The van der Waals surface area contributed by atoms with E-state index < -0.39 is 5.97 Å². The van der Waals surface area contributed by atoms with Gasteiger partial charge in [-0.25, -0.2) is 4.79 Å². The van der Waals surface area contributed by atoms with Crippen molar-refractivity contribution < 1.29 is 14.7 Å². The molecule has 12 heavy (non-hydrogen) atoms. The van der Waals surface area contributed by atoms with Crippen LogP contribution in [0.2, 0.25) is 0 Å². The second-order valence-electron chi connectivity index (χ2n) is 2.36. The molecule has 1 rings (SSSR count). The van der Waals surface area contributed by atoms with Gasteiger partial charge < -0.3 is 9.94 Å². The molecule has 4 heteroatoms. The Morgan fingerprint density at radius 2 is 2.50 bits per heavy atom. The Balaban J connectivity index is 2.70. The predicted octanol–water partition coefficient (Wildman–Crippen LogP) is 1.02. The van der Waals surface area contributed by atoms with Crippen LogP contribution in [-0.2, 0) is 0 Å². The molecule has 0 unspecified atom stereocenters. The molecule has 1 heterocycles. The molecule has 0 aliphatic heterocycles. The van der Waals surface area contributed by atoms with Crippen LogP contribution in [0.15, 0.2) is 18.3 Å². The number of hydrogen-bond donors (Lipinski definition) is 1. The molecular weight excluding hydrogens is 158 g/mol. The van der Waals surface area contributed by atoms with Crippen molar-refractivity contribution in [1.29, 1.82) is 0 Å². The summed E-state index contributed by atoms with van der Waals surface area (Å²) < 4.78 is 1.27. The third kappa shape index (κ3) is 1.78. The summed E-state index contributed by atoms with van der Waals surface area (Å²) in [6.07, 6.45) is 2.44. The van der Waals surface area contributed by atoms with Gasteiger partial charge in [-0.05, 0) is 18.6 Å². The maximum Gasteiger partial charge on any atom is 0.355 e. The van der Waals surface area contributed by atoms with Crippen LogP contribution in [0.3, 0.4) is 0 Å². The lowest BCUT2D eigenvalue weighted by molar-refractivity contribution is 0.0595. The highest BCUT2D eigenvalue weighted by molar-refractivity contribution is 5.85. The normalized spacial score (nSPS) is 9.75. The summed E-state index contributed by atoms with van der Waals surface area (Å²) in [5.74, 6) is -0.976. The lowest BCUT2D eigenvalue weighted by Crippen LogP contribution is -2.16. The van der Waals surface area contributed by atoms with Crippen molar-refractivity contribution in [1.82, 2.24) is 4.73 Å². The molecule has 0 bridgehead atoms. The van der Waals surface area contributed by atoms with E-state index in [4.69, 9.17) is 9.94 Å². The van der Waals surface area contributed by atoms with Gasteiger partial charge >= 0.3 is 5.97 Å². The van der Waals surface area contributed by atoms with E-state index in [0.29, 0.717) is 6.61 Å². The molecule has 0 aliphatic rings. The van der Waals surface area contributed by atoms with Crippen LogP contribution in [0.4, 0.5) is 0 Å². The molecule has 0 amide bonds. The number of carboxylic acids is 1. The lowest BCUT2D eigenvalue weighted by Gasteiger charge is -2.06. The Labute approximate surface area is 70.3 Å². The molecule has 0 spiro atoms. The molecule has 0 aromatic carbocycles. The Morgan fingerprint density at radius 1 is 1.75 bits per heavy atom. The molecule has 1 aromatic heterocycles. The molecule has 0 aliphatic carbocycles. The number of carboxylic acid groups (broad SMARTS) is 1. The summed E-state index contributed by atoms with van der Waals surface area (Å²) in [6, 6.07) is 3.14. The molecule has 0 radical (unpaired) electrons. The van der Waals surface area contributed by atoms with Gasteiger partial charge in [-0.15, -0.1) is 0 Å². The smallest absolute Gasteiger partial charge is 0.355 e. The maximum atomic E-state index is 10.5. The standard InChI is InChI=1S/C8H11NO3/c1-2-6-12-9-5-3-4-7(9)8(10)11/h3-5H,2,6H2,1H3,(H,10,11). The molecule has 0 fully saturated rings. The highest BCUT2D eigenvalue weighted by atomic mass is 16.7. The highest BCUT2D eigenvalue weighted by Crippen LogP contribution is 1.99. The third-order valence-corrected chi connectivity index (χ3v) is 1.37. The molecular formula is C8H11NO3. The number of aromatic carboxylic acids is 1. The third-order valence-electron chi connectivity index (χ3n) is 1.37. The highest BCUT2D eigenvalue weighted by Gasteiger charge is 2.08. The van der Waals surface area contributed by atoms with E-state index in [1.54, 1.807) is 12.3 Å². The van der Waals surface area contributed by atoms with E-state index in [2.05, 4.69) is 0 Å². The van der Waals surface area contributed by atoms with E-state index in [9.17, 15) is 4.79 Å². The zero-order valence-corrected chi connectivity index (χ0v) is 6.86. The molecule has 4 nitrogen and oxygen atoms in total. The van der Waals surface area contributed by atoms with Crippen LogP contribution in [0.1, 0.15) is 23.8 Å². The molecule has 1 N–H and O–H groups in total. The fourth-order valence-electron chi connectivity index (χ4n) is 0.834. The van der Waals surface area contributed by atoms with E-state index in [1.165, 1.54) is 10.8 Å². The second kappa shape index (κ2) is 3.80. The minimum absolute atomic E-state index is 0.156. The average Bonchev–Trinajstić information content (AvgIpc) is 2.48. The first-order valence-electron chi connectivity index (χ1n) is 3.79. The van der Waals surface area contributed by atoms with Crippen LogP contribution in [0.25, 0.3) is 0 Å². The molecule has 66 valence electrons. The van der Waals surface area contributed by atoms with Crippen molar-refractivity contribution in [3.63, 3.8) is 0 Å². The monoisotopic (exact) mass is 169 g/mol. The number of nitrogens with zero attached hydrogens (tertiary/aromatic N) is 1. The van der Waals surface area contributed by atoms with Gasteiger partial charge in [0.15, 0.2) is 5.69 Å². The first-order chi connectivity index (χ1) is 5.75. The number of carbonyl (C=O) groups is 1. The van der Waals surface area contributed by atoms with Gasteiger partial charge in [0.25, 0.3) is 0 Å². The van der Waals surface area contributed by atoms with Gasteiger partial charge in [0.1, 0.15) is 6.61 Å². The van der Waals surface area contributed by atoms with Crippen molar-refractivity contribution in [2.45, 2.75) is 13.3 Å². The number of rotatable bonds is 4. The number of hydrogen-bond acceptors (Lipinski definition) is 2. The largest absolute Gasteiger partial charge is 0.476 e. The minimum atomic E-state index is -0.976. The molecule has 0 saturated carbocycles. The molecule has 0 atom stereocenters. The summed E-state index contributed by atoms with van der Waals surface area (Å²) in [5.41, 5.74) is 0.156. The van der Waals surface area contributed by atoms with Gasteiger partial charge in [-0.1, -0.05) is 6.92 Å². The van der Waals surface area contributed by atoms with E-state index >= 15 is 0 Å². The van der Waals surface area contributed by atoms with E-state index in [1.807, 2.05) is 6.92 Å². The van der Waals surface area contributed by atoms with E-state index in [0.717, 1.165) is 6.42 Å². The van der Waals surface area contributed by atoms with E-state index in [-0.39, 0.29) is 5.69 Å². The lowest BCUT2D eigenvalue weighted by atomic mass is 10.4. The molecule has 0 saturated heterocycles. The Hall–Kier alpha value is -1.45. The zero-order valence-electron chi connectivity index (χ0n) is 6.86. The van der Waals surface area contributed by atoms with Crippen LogP contribution in [0, 0.1) is 0 Å².